The summed E-state index contributed by atoms with van der Waals surface area (Å²) in [5, 5.41) is 19.6. The second-order valence-electron chi connectivity index (χ2n) is 5.19. The van der Waals surface area contributed by atoms with Crippen LogP contribution < -0.4 is 45.5 Å². The normalized spacial score (nSPS) is 11.3. The minimum Gasteiger partial charge on any atom is -0.550 e. The summed E-state index contributed by atoms with van der Waals surface area (Å²) in [5.41, 5.74) is 4.91. The number of aliphatic carboxylic acids is 2. The van der Waals surface area contributed by atoms with Crippen molar-refractivity contribution in [2.45, 2.75) is 25.8 Å². The van der Waals surface area contributed by atoms with Crippen molar-refractivity contribution in [3.05, 3.63) is 0 Å². The summed E-state index contributed by atoms with van der Waals surface area (Å²) in [7, 11) is 6.18. The largest absolute Gasteiger partial charge is 1.00 e. The van der Waals surface area contributed by atoms with Crippen LogP contribution >= 0.6 is 0 Å². The fourth-order valence-corrected chi connectivity index (χ4v) is 0.854. The molecule has 0 rings (SSSR count). The van der Waals surface area contributed by atoms with E-state index in [0.29, 0.717) is 6.61 Å². The Labute approximate surface area is 147 Å². The van der Waals surface area contributed by atoms with E-state index >= 15 is 0 Å². The molecule has 21 heavy (non-hydrogen) atoms. The number of hydrogen-bond acceptors (Lipinski definition) is 7. The molecule has 0 saturated heterocycles. The van der Waals surface area contributed by atoms with Gasteiger partial charge in [0.1, 0.15) is 13.2 Å². The van der Waals surface area contributed by atoms with Crippen LogP contribution in [0.5, 0.6) is 0 Å². The zero-order valence-corrected chi connectivity index (χ0v) is 15.4. The SMILES string of the molecule is CC(=O)OCC[N+](C)(C)C.N[C@@H](CCC(=O)[O-])C(=O)[O-].[Na+]. The molecule has 0 aromatic rings. The average molecular weight is 314 g/mol. The van der Waals surface area contributed by atoms with Gasteiger partial charge in [-0.25, -0.2) is 0 Å². The molecular weight excluding hydrogens is 291 g/mol. The number of ether oxygens (including phenoxy) is 1. The maximum Gasteiger partial charge on any atom is 1.00 e. The summed E-state index contributed by atoms with van der Waals surface area (Å²) in [4.78, 5) is 29.9. The maximum atomic E-state index is 10.3. The molecule has 1 atom stereocenters. The predicted molar refractivity (Wildman–Crippen MR) is 66.8 cm³/mol. The van der Waals surface area contributed by atoms with E-state index < -0.39 is 18.0 Å². The molecule has 0 unspecified atom stereocenters. The Bertz CT molecular complexity index is 330. The molecule has 0 radical (unpaired) electrons. The van der Waals surface area contributed by atoms with E-state index in [1.807, 2.05) is 0 Å². The molecule has 0 spiro atoms. The second-order valence-corrected chi connectivity index (χ2v) is 5.19. The summed E-state index contributed by atoms with van der Waals surface area (Å²) in [6.45, 7) is 2.80. The van der Waals surface area contributed by atoms with Crippen LogP contribution in [0.3, 0.4) is 0 Å². The summed E-state index contributed by atoms with van der Waals surface area (Å²) in [6, 6.07) is -1.21. The van der Waals surface area contributed by atoms with Crippen molar-refractivity contribution in [1.82, 2.24) is 0 Å². The van der Waals surface area contributed by atoms with Crippen molar-refractivity contribution >= 4 is 17.9 Å². The Hall–Kier alpha value is -0.670. The number of nitrogens with zero attached hydrogens (tertiary/aromatic N) is 1. The first kappa shape index (κ1) is 25.3. The first-order valence-corrected chi connectivity index (χ1v) is 6.06. The van der Waals surface area contributed by atoms with E-state index in [2.05, 4.69) is 21.1 Å². The van der Waals surface area contributed by atoms with Gasteiger partial charge in [-0.05, 0) is 12.8 Å². The van der Waals surface area contributed by atoms with Crippen LogP contribution in [0, 0.1) is 0 Å². The topological polar surface area (TPSA) is 133 Å². The molecular formula is C12H23N2NaO6. The van der Waals surface area contributed by atoms with Crippen LogP contribution in [0.4, 0.5) is 0 Å². The first-order chi connectivity index (χ1) is 8.95. The molecule has 0 amide bonds. The number of carbonyl (C=O) groups excluding carboxylic acids is 3. The summed E-state index contributed by atoms with van der Waals surface area (Å²) in [6.07, 6.45) is -0.500. The molecule has 0 saturated carbocycles. The third-order valence-corrected chi connectivity index (χ3v) is 2.03. The van der Waals surface area contributed by atoms with Gasteiger partial charge in [-0.2, -0.15) is 0 Å². The molecule has 0 aliphatic rings. The van der Waals surface area contributed by atoms with E-state index in [1.165, 1.54) is 6.92 Å². The number of rotatable bonds is 7. The quantitative estimate of drug-likeness (QED) is 0.281. The molecule has 0 aromatic heterocycles. The monoisotopic (exact) mass is 314 g/mol. The third kappa shape index (κ3) is 24.7. The number of carboxylic acids is 2. The van der Waals surface area contributed by atoms with Crippen LogP contribution in [0.2, 0.25) is 0 Å². The number of carbonyl (C=O) groups is 3. The third-order valence-electron chi connectivity index (χ3n) is 2.03. The molecule has 9 heteroatoms. The van der Waals surface area contributed by atoms with E-state index in [4.69, 9.17) is 10.5 Å². The van der Waals surface area contributed by atoms with Gasteiger partial charge in [0.25, 0.3) is 0 Å². The van der Waals surface area contributed by atoms with Crippen molar-refractivity contribution in [1.29, 1.82) is 0 Å². The molecule has 0 fully saturated rings. The summed E-state index contributed by atoms with van der Waals surface area (Å²) in [5.74, 6) is -2.95. The number of hydrogen-bond donors (Lipinski definition) is 1. The van der Waals surface area contributed by atoms with Gasteiger partial charge in [-0.1, -0.05) is 0 Å². The van der Waals surface area contributed by atoms with E-state index in [9.17, 15) is 24.6 Å². The van der Waals surface area contributed by atoms with Crippen LogP contribution in [0.25, 0.3) is 0 Å². The number of nitrogens with two attached hydrogens (primary N) is 1. The molecule has 0 aliphatic heterocycles. The Morgan fingerprint density at radius 3 is 1.95 bits per heavy atom. The molecule has 118 valence electrons. The summed E-state index contributed by atoms with van der Waals surface area (Å²) < 4.78 is 5.59. The fourth-order valence-electron chi connectivity index (χ4n) is 0.854. The molecule has 0 aromatic carbocycles. The smallest absolute Gasteiger partial charge is 0.550 e. The summed E-state index contributed by atoms with van der Waals surface area (Å²) >= 11 is 0. The molecule has 0 heterocycles. The number of quaternary nitrogens is 1. The van der Waals surface area contributed by atoms with Crippen LogP contribution in [-0.2, 0) is 19.1 Å². The first-order valence-electron chi connectivity index (χ1n) is 6.06. The van der Waals surface area contributed by atoms with Gasteiger partial charge in [-0.15, -0.1) is 0 Å². The number of carboxylic acid groups (broad SMARTS) is 2. The molecule has 8 nitrogen and oxygen atoms in total. The van der Waals surface area contributed by atoms with Crippen LogP contribution in [0.15, 0.2) is 0 Å². The number of esters is 1. The average Bonchev–Trinajstić information content (AvgIpc) is 2.24. The molecule has 0 aliphatic carbocycles. The van der Waals surface area contributed by atoms with Gasteiger partial charge in [0, 0.05) is 18.9 Å². The predicted octanol–water partition coefficient (Wildman–Crippen LogP) is -6.15. The van der Waals surface area contributed by atoms with E-state index in [1.54, 1.807) is 0 Å². The Kier molecular flexibility index (Phi) is 15.7. The standard InChI is InChI=1S/C7H16NO2.C5H9NO4.Na/c1-7(9)10-6-5-8(2,3)4;6-3(5(9)10)1-2-4(7)8;/h5-6H2,1-4H3;3H,1-2,6H2,(H,7,8)(H,9,10);/q+1;;+1/p-2/t;3-;/m.0./s1. The van der Waals surface area contributed by atoms with Crippen LogP contribution in [-0.4, -0.2) is 62.7 Å². The Balaban J connectivity index is -0.000000295. The van der Waals surface area contributed by atoms with Gasteiger partial charge in [0.15, 0.2) is 0 Å². The van der Waals surface area contributed by atoms with Gasteiger partial charge in [0.05, 0.1) is 27.1 Å². The van der Waals surface area contributed by atoms with Crippen molar-refractivity contribution in [3.8, 4) is 0 Å². The van der Waals surface area contributed by atoms with Crippen molar-refractivity contribution in [3.63, 3.8) is 0 Å². The van der Waals surface area contributed by atoms with Gasteiger partial charge in [0.2, 0.25) is 0 Å². The fraction of sp³-hybridized carbons (Fsp3) is 0.750. The number of likely N-dealkylation sites (N-methyl/N-ethyl adjacent to an activating group) is 1. The minimum absolute atomic E-state index is 0. The van der Waals surface area contributed by atoms with E-state index in [0.717, 1.165) is 11.0 Å². The Morgan fingerprint density at radius 1 is 1.19 bits per heavy atom. The second kappa shape index (κ2) is 13.0. The van der Waals surface area contributed by atoms with Gasteiger partial charge >= 0.3 is 35.5 Å². The van der Waals surface area contributed by atoms with Gasteiger partial charge < -0.3 is 34.8 Å². The van der Waals surface area contributed by atoms with Crippen molar-refractivity contribution in [2.24, 2.45) is 5.73 Å². The molecule has 0 bridgehead atoms. The van der Waals surface area contributed by atoms with Gasteiger partial charge in [-0.3, -0.25) is 4.79 Å². The molecule has 2 N–H and O–H groups in total. The van der Waals surface area contributed by atoms with Crippen molar-refractivity contribution < 1.29 is 63.4 Å². The van der Waals surface area contributed by atoms with E-state index in [-0.39, 0.29) is 48.4 Å². The van der Waals surface area contributed by atoms with Crippen molar-refractivity contribution in [2.75, 3.05) is 34.3 Å². The minimum atomic E-state index is -1.44. The van der Waals surface area contributed by atoms with Crippen LogP contribution in [0.1, 0.15) is 19.8 Å². The Morgan fingerprint density at radius 2 is 1.67 bits per heavy atom. The zero-order valence-electron chi connectivity index (χ0n) is 13.4. The zero-order chi connectivity index (χ0) is 16.3. The maximum absolute atomic E-state index is 10.3.